The van der Waals surface area contributed by atoms with Crippen molar-refractivity contribution in [3.05, 3.63) is 102 Å². The number of hydrogen-bond acceptors (Lipinski definition) is 2. The molecule has 0 aliphatic carbocycles. The van der Waals surface area contributed by atoms with E-state index in [1.54, 1.807) is 4.90 Å². The average molecular weight is 380 g/mol. The van der Waals surface area contributed by atoms with Crippen LogP contribution in [-0.2, 0) is 4.79 Å². The molecular formula is C26H24N2O. The average Bonchev–Trinajstić information content (AvgIpc) is 3.05. The van der Waals surface area contributed by atoms with Gasteiger partial charge in [-0.15, -0.1) is 0 Å². The van der Waals surface area contributed by atoms with Crippen molar-refractivity contribution in [2.24, 2.45) is 10.9 Å². The van der Waals surface area contributed by atoms with Gasteiger partial charge in [0.2, 0.25) is 0 Å². The summed E-state index contributed by atoms with van der Waals surface area (Å²) in [5.74, 6) is 1.05. The van der Waals surface area contributed by atoms with Crippen molar-refractivity contribution in [3.63, 3.8) is 0 Å². The first-order chi connectivity index (χ1) is 14.1. The largest absolute Gasteiger partial charge is 0.291 e. The Morgan fingerprint density at radius 2 is 1.34 bits per heavy atom. The van der Waals surface area contributed by atoms with Crippen LogP contribution in [0.5, 0.6) is 0 Å². The van der Waals surface area contributed by atoms with Crippen LogP contribution in [0.2, 0.25) is 0 Å². The number of carbonyl (C=O) groups excluding carboxylic acids is 1. The number of hydrogen-bond donors (Lipinski definition) is 0. The quantitative estimate of drug-likeness (QED) is 0.527. The third-order valence-corrected chi connectivity index (χ3v) is 4.85. The number of benzene rings is 3. The van der Waals surface area contributed by atoms with E-state index in [1.807, 2.05) is 66.7 Å². The van der Waals surface area contributed by atoms with Crippen molar-refractivity contribution in [2.45, 2.75) is 13.8 Å². The van der Waals surface area contributed by atoms with Gasteiger partial charge in [0.25, 0.3) is 5.91 Å². The molecule has 144 valence electrons. The lowest BCUT2D eigenvalue weighted by Gasteiger charge is -2.20. The van der Waals surface area contributed by atoms with Crippen molar-refractivity contribution in [3.8, 4) is 11.1 Å². The highest BCUT2D eigenvalue weighted by molar-refractivity contribution is 6.19. The Bertz CT molecular complexity index is 1050. The molecule has 0 fully saturated rings. The zero-order valence-corrected chi connectivity index (χ0v) is 16.7. The van der Waals surface area contributed by atoms with Crippen molar-refractivity contribution in [1.29, 1.82) is 0 Å². The summed E-state index contributed by atoms with van der Waals surface area (Å²) < 4.78 is 0. The fourth-order valence-electron chi connectivity index (χ4n) is 3.45. The van der Waals surface area contributed by atoms with E-state index in [9.17, 15) is 4.79 Å². The van der Waals surface area contributed by atoms with Crippen molar-refractivity contribution < 1.29 is 4.79 Å². The Kier molecular flexibility index (Phi) is 5.39. The molecule has 0 radical (unpaired) electrons. The van der Waals surface area contributed by atoms with Gasteiger partial charge in [0.1, 0.15) is 11.5 Å². The van der Waals surface area contributed by atoms with Gasteiger partial charge >= 0.3 is 0 Å². The standard InChI is InChI=1S/C26H24N2O/c1-19(2)18-28-25(23-11-7-4-8-12-23)27-24(26(28)29)17-20-13-15-22(16-14-20)21-9-5-3-6-10-21/h3-17,19H,18H2,1-2H3. The Balaban J connectivity index is 1.65. The minimum absolute atomic E-state index is 0.0373. The molecule has 3 heteroatoms. The highest BCUT2D eigenvalue weighted by atomic mass is 16.2. The molecule has 0 saturated heterocycles. The van der Waals surface area contributed by atoms with E-state index in [-0.39, 0.29) is 5.91 Å². The molecule has 0 saturated carbocycles. The molecular weight excluding hydrogens is 356 g/mol. The second-order valence-corrected chi connectivity index (χ2v) is 7.63. The molecule has 4 rings (SSSR count). The fourth-order valence-corrected chi connectivity index (χ4v) is 3.45. The molecule has 1 amide bonds. The Hall–Kier alpha value is -3.46. The maximum Gasteiger partial charge on any atom is 0.278 e. The molecule has 29 heavy (non-hydrogen) atoms. The van der Waals surface area contributed by atoms with Crippen LogP contribution >= 0.6 is 0 Å². The van der Waals surface area contributed by atoms with Crippen molar-refractivity contribution in [1.82, 2.24) is 4.90 Å². The van der Waals surface area contributed by atoms with Gasteiger partial charge in [-0.2, -0.15) is 0 Å². The molecule has 0 atom stereocenters. The molecule has 1 heterocycles. The predicted molar refractivity (Wildman–Crippen MR) is 119 cm³/mol. The number of aliphatic imine (C=N–C) groups is 1. The molecule has 0 spiro atoms. The van der Waals surface area contributed by atoms with Crippen LogP contribution in [0.15, 0.2) is 95.6 Å². The van der Waals surface area contributed by atoms with Gasteiger partial charge in [-0.3, -0.25) is 9.69 Å². The van der Waals surface area contributed by atoms with Gasteiger partial charge in [-0.25, -0.2) is 4.99 Å². The van der Waals surface area contributed by atoms with E-state index in [2.05, 4.69) is 38.1 Å². The summed E-state index contributed by atoms with van der Waals surface area (Å²) in [6.45, 7) is 4.87. The van der Waals surface area contributed by atoms with E-state index in [1.165, 1.54) is 5.56 Å². The first kappa shape index (κ1) is 18.9. The third kappa shape index (κ3) is 4.19. The minimum atomic E-state index is -0.0373. The lowest BCUT2D eigenvalue weighted by Crippen LogP contribution is -2.35. The predicted octanol–water partition coefficient (Wildman–Crippen LogP) is 5.64. The fraction of sp³-hybridized carbons (Fsp3) is 0.154. The summed E-state index contributed by atoms with van der Waals surface area (Å²) in [4.78, 5) is 19.6. The lowest BCUT2D eigenvalue weighted by atomic mass is 10.0. The summed E-state index contributed by atoms with van der Waals surface area (Å²) in [5.41, 5.74) is 4.74. The molecule has 0 aromatic heterocycles. The smallest absolute Gasteiger partial charge is 0.278 e. The van der Waals surface area contributed by atoms with E-state index in [4.69, 9.17) is 4.99 Å². The SMILES string of the molecule is CC(C)CN1C(=O)C(=Cc2ccc(-c3ccccc3)cc2)N=C1c1ccccc1. The third-order valence-electron chi connectivity index (χ3n) is 4.85. The molecule has 3 aromatic carbocycles. The number of carbonyl (C=O) groups is 1. The van der Waals surface area contributed by atoms with Gasteiger partial charge in [-0.1, -0.05) is 98.8 Å². The van der Waals surface area contributed by atoms with Gasteiger partial charge < -0.3 is 0 Å². The van der Waals surface area contributed by atoms with Gasteiger partial charge in [-0.05, 0) is 28.7 Å². The zero-order chi connectivity index (χ0) is 20.2. The van der Waals surface area contributed by atoms with Crippen LogP contribution in [0, 0.1) is 5.92 Å². The summed E-state index contributed by atoms with van der Waals surface area (Å²) in [6.07, 6.45) is 1.88. The Labute approximate surface area is 172 Å². The highest BCUT2D eigenvalue weighted by Crippen LogP contribution is 2.25. The first-order valence-electron chi connectivity index (χ1n) is 9.95. The molecule has 0 bridgehead atoms. The Morgan fingerprint density at radius 3 is 1.93 bits per heavy atom. The van der Waals surface area contributed by atoms with Gasteiger partial charge in [0.15, 0.2) is 0 Å². The maximum atomic E-state index is 13.1. The van der Waals surface area contributed by atoms with Crippen molar-refractivity contribution >= 4 is 17.8 Å². The van der Waals surface area contributed by atoms with E-state index < -0.39 is 0 Å². The summed E-state index contributed by atoms with van der Waals surface area (Å²) >= 11 is 0. The number of amidine groups is 1. The van der Waals surface area contributed by atoms with E-state index in [0.29, 0.717) is 18.2 Å². The van der Waals surface area contributed by atoms with Crippen LogP contribution in [0.1, 0.15) is 25.0 Å². The van der Waals surface area contributed by atoms with Crippen LogP contribution in [-0.4, -0.2) is 23.2 Å². The topological polar surface area (TPSA) is 32.7 Å². The van der Waals surface area contributed by atoms with Crippen LogP contribution in [0.25, 0.3) is 17.2 Å². The summed E-state index contributed by atoms with van der Waals surface area (Å²) in [6, 6.07) is 28.4. The minimum Gasteiger partial charge on any atom is -0.291 e. The zero-order valence-electron chi connectivity index (χ0n) is 16.7. The monoisotopic (exact) mass is 380 g/mol. The number of amides is 1. The lowest BCUT2D eigenvalue weighted by molar-refractivity contribution is -0.122. The van der Waals surface area contributed by atoms with Crippen molar-refractivity contribution in [2.75, 3.05) is 6.54 Å². The second kappa shape index (κ2) is 8.27. The molecule has 3 nitrogen and oxygen atoms in total. The Morgan fingerprint density at radius 1 is 0.793 bits per heavy atom. The van der Waals surface area contributed by atoms with Gasteiger partial charge in [0, 0.05) is 12.1 Å². The van der Waals surface area contributed by atoms with Crippen LogP contribution < -0.4 is 0 Å². The number of rotatable bonds is 5. The molecule has 0 unspecified atom stereocenters. The molecule has 3 aromatic rings. The second-order valence-electron chi connectivity index (χ2n) is 7.63. The number of nitrogens with zero attached hydrogens (tertiary/aromatic N) is 2. The van der Waals surface area contributed by atoms with Gasteiger partial charge in [0.05, 0.1) is 0 Å². The van der Waals surface area contributed by atoms with E-state index >= 15 is 0 Å². The summed E-state index contributed by atoms with van der Waals surface area (Å²) in [5, 5.41) is 0. The molecule has 0 N–H and O–H groups in total. The summed E-state index contributed by atoms with van der Waals surface area (Å²) in [7, 11) is 0. The van der Waals surface area contributed by atoms with E-state index in [0.717, 1.165) is 22.5 Å². The normalized spacial score (nSPS) is 15.3. The van der Waals surface area contributed by atoms with Crippen LogP contribution in [0.4, 0.5) is 0 Å². The molecule has 1 aliphatic rings. The maximum absolute atomic E-state index is 13.1. The van der Waals surface area contributed by atoms with Crippen LogP contribution in [0.3, 0.4) is 0 Å². The highest BCUT2D eigenvalue weighted by Gasteiger charge is 2.31. The molecule has 1 aliphatic heterocycles. The first-order valence-corrected chi connectivity index (χ1v) is 9.95.